The molecule has 0 spiro atoms. The molecular formula is C16H17N3O4. The van der Waals surface area contributed by atoms with E-state index >= 15 is 0 Å². The van der Waals surface area contributed by atoms with Crippen molar-refractivity contribution < 1.29 is 19.1 Å². The van der Waals surface area contributed by atoms with Crippen LogP contribution in [0.1, 0.15) is 5.69 Å². The predicted octanol–water partition coefficient (Wildman–Crippen LogP) is 1.35. The molecule has 0 aliphatic carbocycles. The molecular weight excluding hydrogens is 298 g/mol. The number of anilines is 1. The fourth-order valence-electron chi connectivity index (χ4n) is 1.90. The van der Waals surface area contributed by atoms with Gasteiger partial charge in [-0.1, -0.05) is 12.1 Å². The topological polar surface area (TPSA) is 89.5 Å². The average molecular weight is 315 g/mol. The van der Waals surface area contributed by atoms with Gasteiger partial charge in [-0.2, -0.15) is 0 Å². The van der Waals surface area contributed by atoms with Crippen LogP contribution in [0, 0.1) is 0 Å². The highest BCUT2D eigenvalue weighted by Gasteiger charge is 2.18. The molecule has 0 saturated carbocycles. The lowest BCUT2D eigenvalue weighted by Crippen LogP contribution is -2.35. The highest BCUT2D eigenvalue weighted by atomic mass is 16.5. The number of amides is 2. The summed E-state index contributed by atoms with van der Waals surface area (Å²) >= 11 is 0. The minimum absolute atomic E-state index is 0.163. The van der Waals surface area contributed by atoms with Gasteiger partial charge in [-0.15, -0.1) is 0 Å². The van der Waals surface area contributed by atoms with Crippen LogP contribution in [-0.4, -0.2) is 31.0 Å². The fourth-order valence-corrected chi connectivity index (χ4v) is 1.90. The monoisotopic (exact) mass is 315 g/mol. The molecule has 1 aromatic heterocycles. The van der Waals surface area contributed by atoms with Gasteiger partial charge in [-0.3, -0.25) is 14.6 Å². The number of nitrogens with zero attached hydrogens (tertiary/aromatic N) is 1. The van der Waals surface area contributed by atoms with Gasteiger partial charge in [0, 0.05) is 6.20 Å². The van der Waals surface area contributed by atoms with Gasteiger partial charge in [0.25, 0.3) is 0 Å². The van der Waals surface area contributed by atoms with Crippen LogP contribution in [0.2, 0.25) is 0 Å². The van der Waals surface area contributed by atoms with Crippen molar-refractivity contribution in [3.63, 3.8) is 0 Å². The molecule has 2 N–H and O–H groups in total. The highest BCUT2D eigenvalue weighted by Crippen LogP contribution is 2.33. The first-order valence-corrected chi connectivity index (χ1v) is 6.85. The number of carbonyl (C=O) groups is 2. The van der Waals surface area contributed by atoms with E-state index in [1.54, 1.807) is 42.6 Å². The number of pyridine rings is 1. The van der Waals surface area contributed by atoms with Gasteiger partial charge in [-0.05, 0) is 24.3 Å². The van der Waals surface area contributed by atoms with Gasteiger partial charge in [0.2, 0.25) is 0 Å². The maximum absolute atomic E-state index is 12.0. The van der Waals surface area contributed by atoms with Crippen molar-refractivity contribution in [1.82, 2.24) is 10.3 Å². The van der Waals surface area contributed by atoms with Crippen molar-refractivity contribution in [1.29, 1.82) is 0 Å². The van der Waals surface area contributed by atoms with E-state index in [2.05, 4.69) is 15.6 Å². The third kappa shape index (κ3) is 4.19. The zero-order valence-electron chi connectivity index (χ0n) is 12.8. The molecule has 1 heterocycles. The third-order valence-electron chi connectivity index (χ3n) is 3.03. The summed E-state index contributed by atoms with van der Waals surface area (Å²) in [5.41, 5.74) is 0.957. The second-order valence-electron chi connectivity index (χ2n) is 4.50. The molecule has 7 heteroatoms. The Bertz CT molecular complexity index is 667. The van der Waals surface area contributed by atoms with Crippen LogP contribution in [0.25, 0.3) is 0 Å². The van der Waals surface area contributed by atoms with Crippen molar-refractivity contribution in [2.75, 3.05) is 19.5 Å². The Balaban J connectivity index is 2.02. The summed E-state index contributed by atoms with van der Waals surface area (Å²) < 4.78 is 10.3. The number of benzene rings is 1. The van der Waals surface area contributed by atoms with Gasteiger partial charge in [0.15, 0.2) is 0 Å². The Labute approximate surface area is 133 Å². The van der Waals surface area contributed by atoms with Crippen molar-refractivity contribution in [3.05, 3.63) is 48.3 Å². The summed E-state index contributed by atoms with van der Waals surface area (Å²) in [5.74, 6) is -0.794. The number of hydrogen-bond donors (Lipinski definition) is 2. The van der Waals surface area contributed by atoms with Crippen LogP contribution >= 0.6 is 0 Å². The fraction of sp³-hybridized carbons (Fsp3) is 0.188. The molecule has 1 aromatic carbocycles. The minimum Gasteiger partial charge on any atom is -0.494 e. The molecule has 0 atom stereocenters. The molecule has 2 rings (SSSR count). The Morgan fingerprint density at radius 1 is 1.00 bits per heavy atom. The van der Waals surface area contributed by atoms with E-state index in [0.29, 0.717) is 22.9 Å². The maximum Gasteiger partial charge on any atom is 0.313 e. The lowest BCUT2D eigenvalue weighted by molar-refractivity contribution is -0.136. The first-order valence-electron chi connectivity index (χ1n) is 6.85. The molecule has 23 heavy (non-hydrogen) atoms. The smallest absolute Gasteiger partial charge is 0.313 e. The Hall–Kier alpha value is -3.09. The quantitative estimate of drug-likeness (QED) is 0.813. The average Bonchev–Trinajstić information content (AvgIpc) is 2.60. The lowest BCUT2D eigenvalue weighted by Gasteiger charge is -2.13. The zero-order valence-corrected chi connectivity index (χ0v) is 12.8. The molecule has 0 unspecified atom stereocenters. The number of aromatic nitrogens is 1. The molecule has 7 nitrogen and oxygen atoms in total. The number of methoxy groups -OCH3 is 2. The molecule has 0 radical (unpaired) electrons. The molecule has 0 aliphatic rings. The number of nitrogens with one attached hydrogen (secondary N) is 2. The zero-order chi connectivity index (χ0) is 16.7. The Kier molecular flexibility index (Phi) is 5.51. The summed E-state index contributed by atoms with van der Waals surface area (Å²) in [6, 6.07) is 10.4. The number of carbonyl (C=O) groups excluding carboxylic acids is 2. The predicted molar refractivity (Wildman–Crippen MR) is 84.3 cm³/mol. The summed E-state index contributed by atoms with van der Waals surface area (Å²) in [6.45, 7) is 0.163. The first-order chi connectivity index (χ1) is 11.2. The second kappa shape index (κ2) is 7.79. The van der Waals surface area contributed by atoms with Gasteiger partial charge in [0.1, 0.15) is 17.2 Å². The molecule has 2 aromatic rings. The van der Waals surface area contributed by atoms with Crippen LogP contribution in [0.4, 0.5) is 5.69 Å². The van der Waals surface area contributed by atoms with Crippen molar-refractivity contribution in [2.24, 2.45) is 0 Å². The summed E-state index contributed by atoms with van der Waals surface area (Å²) in [6.07, 6.45) is 1.61. The van der Waals surface area contributed by atoms with E-state index in [9.17, 15) is 9.59 Å². The number of rotatable bonds is 5. The van der Waals surface area contributed by atoms with E-state index in [0.717, 1.165) is 0 Å². The van der Waals surface area contributed by atoms with Gasteiger partial charge < -0.3 is 20.1 Å². The Morgan fingerprint density at radius 3 is 2.26 bits per heavy atom. The largest absolute Gasteiger partial charge is 0.494 e. The van der Waals surface area contributed by atoms with Crippen LogP contribution in [0.3, 0.4) is 0 Å². The summed E-state index contributed by atoms with van der Waals surface area (Å²) in [7, 11) is 2.93. The molecule has 0 bridgehead atoms. The lowest BCUT2D eigenvalue weighted by atomic mass is 10.2. The van der Waals surface area contributed by atoms with Crippen LogP contribution < -0.4 is 20.1 Å². The summed E-state index contributed by atoms with van der Waals surface area (Å²) in [4.78, 5) is 28.0. The molecule has 0 saturated heterocycles. The molecule has 0 aliphatic heterocycles. The van der Waals surface area contributed by atoms with E-state index < -0.39 is 11.8 Å². The van der Waals surface area contributed by atoms with E-state index in [-0.39, 0.29) is 6.54 Å². The van der Waals surface area contributed by atoms with Gasteiger partial charge >= 0.3 is 11.8 Å². The van der Waals surface area contributed by atoms with E-state index in [4.69, 9.17) is 9.47 Å². The minimum atomic E-state index is -0.816. The number of para-hydroxylation sites is 1. The van der Waals surface area contributed by atoms with E-state index in [1.807, 2.05) is 0 Å². The van der Waals surface area contributed by atoms with Crippen LogP contribution in [-0.2, 0) is 16.1 Å². The maximum atomic E-state index is 12.0. The third-order valence-corrected chi connectivity index (χ3v) is 3.03. The normalized spacial score (nSPS) is 9.83. The summed E-state index contributed by atoms with van der Waals surface area (Å²) in [5, 5.41) is 4.99. The standard InChI is InChI=1S/C16H17N3O4/c1-22-12-7-5-8-13(23-2)14(12)19-16(21)15(20)18-10-11-6-3-4-9-17-11/h3-9H,10H2,1-2H3,(H,18,20)(H,19,21). The van der Waals surface area contributed by atoms with Crippen molar-refractivity contribution >= 4 is 17.5 Å². The highest BCUT2D eigenvalue weighted by molar-refractivity contribution is 6.39. The molecule has 2 amide bonds. The number of hydrogen-bond acceptors (Lipinski definition) is 5. The van der Waals surface area contributed by atoms with Crippen molar-refractivity contribution in [3.8, 4) is 11.5 Å². The van der Waals surface area contributed by atoms with E-state index in [1.165, 1.54) is 14.2 Å². The second-order valence-corrected chi connectivity index (χ2v) is 4.50. The van der Waals surface area contributed by atoms with Crippen LogP contribution in [0.15, 0.2) is 42.6 Å². The van der Waals surface area contributed by atoms with Crippen molar-refractivity contribution in [2.45, 2.75) is 6.54 Å². The van der Waals surface area contributed by atoms with Gasteiger partial charge in [0.05, 0.1) is 26.5 Å². The number of ether oxygens (including phenoxy) is 2. The van der Waals surface area contributed by atoms with Crippen LogP contribution in [0.5, 0.6) is 11.5 Å². The first kappa shape index (κ1) is 16.3. The Morgan fingerprint density at radius 2 is 1.70 bits per heavy atom. The SMILES string of the molecule is COc1cccc(OC)c1NC(=O)C(=O)NCc1ccccn1. The molecule has 0 fully saturated rings. The molecule has 120 valence electrons. The van der Waals surface area contributed by atoms with Gasteiger partial charge in [-0.25, -0.2) is 0 Å².